The molecule has 0 saturated heterocycles. The minimum atomic E-state index is 0.726. The van der Waals surface area contributed by atoms with Crippen molar-refractivity contribution in [2.24, 2.45) is 0 Å². The number of hydrogen-bond acceptors (Lipinski definition) is 6. The Morgan fingerprint density at radius 2 is 1.58 bits per heavy atom. The number of hydrogen-bond donors (Lipinski definition) is 2. The number of aryl methyl sites for hydroxylation is 4. The number of benzene rings is 2. The van der Waals surface area contributed by atoms with Crippen LogP contribution in [0, 0.1) is 20.8 Å². The predicted octanol–water partition coefficient (Wildman–Crippen LogP) is 5.91. The first-order valence-corrected chi connectivity index (χ1v) is 10.4. The second kappa shape index (κ2) is 8.92. The molecular weight excluding hydrogens is 384 g/mol. The van der Waals surface area contributed by atoms with Gasteiger partial charge < -0.3 is 10.6 Å². The molecule has 0 fully saturated rings. The monoisotopic (exact) mass is 410 g/mol. The summed E-state index contributed by atoms with van der Waals surface area (Å²) in [4.78, 5) is 17.7. The molecule has 0 saturated carbocycles. The highest BCUT2D eigenvalue weighted by atomic mass is 15.0. The van der Waals surface area contributed by atoms with Crippen LogP contribution in [0.3, 0.4) is 0 Å². The van der Waals surface area contributed by atoms with Crippen LogP contribution in [0.5, 0.6) is 0 Å². The third-order valence-electron chi connectivity index (χ3n) is 5.01. The molecular formula is C25H26N6. The minimum Gasteiger partial charge on any atom is -0.340 e. The van der Waals surface area contributed by atoms with Crippen LogP contribution in [0.25, 0.3) is 11.3 Å². The molecule has 0 aliphatic carbocycles. The summed E-state index contributed by atoms with van der Waals surface area (Å²) >= 11 is 0. The van der Waals surface area contributed by atoms with Crippen LogP contribution in [0.1, 0.15) is 29.6 Å². The average Bonchev–Trinajstić information content (AvgIpc) is 2.74. The summed E-state index contributed by atoms with van der Waals surface area (Å²) in [5.74, 6) is 2.26. The lowest BCUT2D eigenvalue weighted by Crippen LogP contribution is -2.02. The molecule has 0 amide bonds. The molecule has 6 nitrogen and oxygen atoms in total. The quantitative estimate of drug-likeness (QED) is 0.412. The summed E-state index contributed by atoms with van der Waals surface area (Å²) in [5, 5.41) is 6.85. The molecule has 2 aromatic heterocycles. The molecule has 0 bridgehead atoms. The van der Waals surface area contributed by atoms with E-state index in [2.05, 4.69) is 86.9 Å². The Hall–Kier alpha value is -3.80. The van der Waals surface area contributed by atoms with Gasteiger partial charge in [-0.05, 0) is 44.9 Å². The van der Waals surface area contributed by atoms with Crippen molar-refractivity contribution in [3.05, 3.63) is 83.6 Å². The first-order valence-electron chi connectivity index (χ1n) is 10.4. The Bertz CT molecular complexity index is 1200. The van der Waals surface area contributed by atoms with Gasteiger partial charge in [-0.1, -0.05) is 42.8 Å². The summed E-state index contributed by atoms with van der Waals surface area (Å²) < 4.78 is 0. The van der Waals surface area contributed by atoms with Gasteiger partial charge in [0.25, 0.3) is 0 Å². The van der Waals surface area contributed by atoms with Gasteiger partial charge >= 0.3 is 0 Å². The fourth-order valence-electron chi connectivity index (χ4n) is 3.39. The molecule has 0 aliphatic rings. The average molecular weight is 411 g/mol. The zero-order chi connectivity index (χ0) is 21.8. The summed E-state index contributed by atoms with van der Waals surface area (Å²) in [5.41, 5.74) is 7.28. The van der Waals surface area contributed by atoms with E-state index in [4.69, 9.17) is 0 Å². The molecule has 2 aromatic carbocycles. The Morgan fingerprint density at radius 3 is 2.32 bits per heavy atom. The number of nitrogens with one attached hydrogen (secondary N) is 2. The summed E-state index contributed by atoms with van der Waals surface area (Å²) in [6, 6.07) is 18.5. The number of anilines is 4. The van der Waals surface area contributed by atoms with Crippen LogP contribution >= 0.6 is 0 Å². The van der Waals surface area contributed by atoms with E-state index in [-0.39, 0.29) is 0 Å². The van der Waals surface area contributed by atoms with E-state index in [0.717, 1.165) is 52.2 Å². The Morgan fingerprint density at radius 1 is 0.774 bits per heavy atom. The van der Waals surface area contributed by atoms with Crippen LogP contribution in [-0.4, -0.2) is 19.9 Å². The molecule has 2 N–H and O–H groups in total. The number of aromatic nitrogens is 4. The third kappa shape index (κ3) is 5.04. The van der Waals surface area contributed by atoms with Crippen LogP contribution < -0.4 is 10.6 Å². The molecule has 0 spiro atoms. The van der Waals surface area contributed by atoms with Crippen molar-refractivity contribution in [3.63, 3.8) is 0 Å². The van der Waals surface area contributed by atoms with Gasteiger partial charge in [0, 0.05) is 34.8 Å². The van der Waals surface area contributed by atoms with Crippen molar-refractivity contribution >= 4 is 23.0 Å². The highest BCUT2D eigenvalue weighted by Crippen LogP contribution is 2.28. The van der Waals surface area contributed by atoms with E-state index in [1.165, 1.54) is 11.1 Å². The molecule has 0 radical (unpaired) electrons. The van der Waals surface area contributed by atoms with Gasteiger partial charge in [-0.25, -0.2) is 19.9 Å². The van der Waals surface area contributed by atoms with Gasteiger partial charge in [0.15, 0.2) is 0 Å². The molecule has 0 atom stereocenters. The predicted molar refractivity (Wildman–Crippen MR) is 126 cm³/mol. The molecule has 4 aromatic rings. The molecule has 4 rings (SSSR count). The van der Waals surface area contributed by atoms with Crippen molar-refractivity contribution in [1.29, 1.82) is 0 Å². The third-order valence-corrected chi connectivity index (χ3v) is 5.01. The maximum Gasteiger partial charge on any atom is 0.134 e. The summed E-state index contributed by atoms with van der Waals surface area (Å²) in [7, 11) is 0. The van der Waals surface area contributed by atoms with E-state index < -0.39 is 0 Å². The molecule has 0 aliphatic heterocycles. The SMILES string of the molecule is CCc1ccc(Nc2cc(C)ncn2)cc1Nc1cc(-c2ccc(C)cc2)nc(C)n1. The van der Waals surface area contributed by atoms with E-state index in [0.29, 0.717) is 0 Å². The fraction of sp³-hybridized carbons (Fsp3) is 0.200. The largest absolute Gasteiger partial charge is 0.340 e. The van der Waals surface area contributed by atoms with Gasteiger partial charge in [-0.3, -0.25) is 0 Å². The standard InChI is InChI=1S/C25H26N6/c1-5-19-10-11-21(30-24-12-17(3)26-15-27-24)13-22(19)31-25-14-23(28-18(4)29-25)20-8-6-16(2)7-9-20/h6-15H,5H2,1-4H3,(H,26,27,30)(H,28,29,31). The van der Waals surface area contributed by atoms with Gasteiger partial charge in [0.1, 0.15) is 23.8 Å². The lowest BCUT2D eigenvalue weighted by molar-refractivity contribution is 1.06. The molecule has 2 heterocycles. The second-order valence-corrected chi connectivity index (χ2v) is 7.57. The van der Waals surface area contributed by atoms with Crippen LogP contribution in [0.4, 0.5) is 23.0 Å². The van der Waals surface area contributed by atoms with Crippen LogP contribution in [-0.2, 0) is 6.42 Å². The minimum absolute atomic E-state index is 0.726. The summed E-state index contributed by atoms with van der Waals surface area (Å²) in [6.45, 7) is 8.09. The molecule has 0 unspecified atom stereocenters. The zero-order valence-electron chi connectivity index (χ0n) is 18.3. The van der Waals surface area contributed by atoms with E-state index in [1.807, 2.05) is 26.0 Å². The smallest absolute Gasteiger partial charge is 0.134 e. The first kappa shape index (κ1) is 20.5. The van der Waals surface area contributed by atoms with Crippen molar-refractivity contribution in [2.75, 3.05) is 10.6 Å². The topological polar surface area (TPSA) is 75.6 Å². The normalized spacial score (nSPS) is 10.7. The highest BCUT2D eigenvalue weighted by Gasteiger charge is 2.09. The lowest BCUT2D eigenvalue weighted by atomic mass is 10.1. The highest BCUT2D eigenvalue weighted by molar-refractivity contribution is 5.71. The number of rotatable bonds is 6. The van der Waals surface area contributed by atoms with Crippen molar-refractivity contribution in [2.45, 2.75) is 34.1 Å². The maximum absolute atomic E-state index is 4.62. The fourth-order valence-corrected chi connectivity index (χ4v) is 3.39. The van der Waals surface area contributed by atoms with Crippen LogP contribution in [0.2, 0.25) is 0 Å². The van der Waals surface area contributed by atoms with Gasteiger partial charge in [-0.2, -0.15) is 0 Å². The molecule has 6 heteroatoms. The molecule has 156 valence electrons. The van der Waals surface area contributed by atoms with Crippen LogP contribution in [0.15, 0.2) is 60.9 Å². The zero-order valence-corrected chi connectivity index (χ0v) is 18.3. The van der Waals surface area contributed by atoms with E-state index >= 15 is 0 Å². The van der Waals surface area contributed by atoms with E-state index in [9.17, 15) is 0 Å². The molecule has 31 heavy (non-hydrogen) atoms. The first-order chi connectivity index (χ1) is 15.0. The lowest BCUT2D eigenvalue weighted by Gasteiger charge is -2.15. The van der Waals surface area contributed by atoms with E-state index in [1.54, 1.807) is 6.33 Å². The van der Waals surface area contributed by atoms with Crippen molar-refractivity contribution < 1.29 is 0 Å². The Kier molecular flexibility index (Phi) is 5.89. The maximum atomic E-state index is 4.62. The Balaban J connectivity index is 1.64. The van der Waals surface area contributed by atoms with Gasteiger partial charge in [0.2, 0.25) is 0 Å². The van der Waals surface area contributed by atoms with Gasteiger partial charge in [-0.15, -0.1) is 0 Å². The number of nitrogens with zero attached hydrogens (tertiary/aromatic N) is 4. The van der Waals surface area contributed by atoms with Crippen molar-refractivity contribution in [3.8, 4) is 11.3 Å². The van der Waals surface area contributed by atoms with Crippen molar-refractivity contribution in [1.82, 2.24) is 19.9 Å². The Labute approximate surface area is 182 Å². The van der Waals surface area contributed by atoms with Gasteiger partial charge in [0.05, 0.1) is 5.69 Å². The second-order valence-electron chi connectivity index (χ2n) is 7.57. The summed E-state index contributed by atoms with van der Waals surface area (Å²) in [6.07, 6.45) is 2.47.